The van der Waals surface area contributed by atoms with E-state index in [1.165, 1.54) is 12.4 Å². The van der Waals surface area contributed by atoms with Crippen LogP contribution in [0.3, 0.4) is 0 Å². The van der Waals surface area contributed by atoms with E-state index in [0.717, 1.165) is 17.1 Å². The van der Waals surface area contributed by atoms with Crippen molar-refractivity contribution < 1.29 is 9.52 Å². The van der Waals surface area contributed by atoms with Crippen LogP contribution in [0.2, 0.25) is 0 Å². The molecule has 0 aromatic carbocycles. The van der Waals surface area contributed by atoms with Gasteiger partial charge >= 0.3 is 0 Å². The summed E-state index contributed by atoms with van der Waals surface area (Å²) >= 11 is 0. The summed E-state index contributed by atoms with van der Waals surface area (Å²) in [5.74, 6) is -0.204. The van der Waals surface area contributed by atoms with Crippen molar-refractivity contribution in [2.75, 3.05) is 6.54 Å². The van der Waals surface area contributed by atoms with Crippen molar-refractivity contribution in [3.05, 3.63) is 83.1 Å². The first kappa shape index (κ1) is 14.4. The third-order valence-electron chi connectivity index (χ3n) is 4.18. The highest BCUT2D eigenvalue weighted by Crippen LogP contribution is 2.33. The van der Waals surface area contributed by atoms with Gasteiger partial charge in [0.2, 0.25) is 0 Å². The van der Waals surface area contributed by atoms with Crippen molar-refractivity contribution in [2.24, 2.45) is 0 Å². The fraction of sp³-hybridized carbons (Fsp3) is 0.176. The number of rotatable bonds is 2. The molecule has 0 spiro atoms. The van der Waals surface area contributed by atoms with Crippen LogP contribution >= 0.6 is 0 Å². The number of carbonyl (C=O) groups is 1. The summed E-state index contributed by atoms with van der Waals surface area (Å²) in [6.07, 6.45) is 6.68. The van der Waals surface area contributed by atoms with Gasteiger partial charge in [0.1, 0.15) is 11.6 Å². The Morgan fingerprint density at radius 3 is 3.00 bits per heavy atom. The molecule has 1 atom stereocenters. The number of carbonyl (C=O) groups excluding carboxylic acids is 1. The highest BCUT2D eigenvalue weighted by atomic mass is 16.5. The second-order valence-electron chi connectivity index (χ2n) is 5.62. The Labute approximate surface area is 138 Å². The SMILES string of the molecule is O=C(c1ccc[n+]([O-])c1)N1CCc2[nH]cnc2[C@H]1c1ccccn1. The summed E-state index contributed by atoms with van der Waals surface area (Å²) in [4.78, 5) is 26.6. The Morgan fingerprint density at radius 1 is 1.29 bits per heavy atom. The van der Waals surface area contributed by atoms with Crippen LogP contribution in [0.5, 0.6) is 0 Å². The molecule has 3 aromatic heterocycles. The maximum atomic E-state index is 13.0. The number of pyridine rings is 2. The van der Waals surface area contributed by atoms with E-state index in [-0.39, 0.29) is 11.9 Å². The molecule has 0 unspecified atom stereocenters. The Balaban J connectivity index is 1.78. The summed E-state index contributed by atoms with van der Waals surface area (Å²) < 4.78 is 0.632. The van der Waals surface area contributed by atoms with Gasteiger partial charge in [-0.05, 0) is 18.2 Å². The van der Waals surface area contributed by atoms with Gasteiger partial charge in [-0.15, -0.1) is 0 Å². The van der Waals surface area contributed by atoms with E-state index < -0.39 is 0 Å². The number of hydrogen-bond acceptors (Lipinski definition) is 4. The molecule has 0 fully saturated rings. The average molecular weight is 321 g/mol. The normalized spacial score (nSPS) is 16.7. The highest BCUT2D eigenvalue weighted by molar-refractivity contribution is 5.94. The van der Waals surface area contributed by atoms with E-state index in [4.69, 9.17) is 0 Å². The zero-order chi connectivity index (χ0) is 16.5. The zero-order valence-electron chi connectivity index (χ0n) is 12.8. The minimum Gasteiger partial charge on any atom is -0.619 e. The summed E-state index contributed by atoms with van der Waals surface area (Å²) in [6.45, 7) is 0.531. The van der Waals surface area contributed by atoms with Crippen LogP contribution in [0.15, 0.2) is 55.2 Å². The molecule has 7 nitrogen and oxygen atoms in total. The van der Waals surface area contributed by atoms with Crippen LogP contribution in [0.25, 0.3) is 0 Å². The highest BCUT2D eigenvalue weighted by Gasteiger charge is 2.35. The van der Waals surface area contributed by atoms with Crippen LogP contribution in [0, 0.1) is 5.21 Å². The fourth-order valence-corrected chi connectivity index (χ4v) is 3.08. The van der Waals surface area contributed by atoms with Gasteiger partial charge in [0.25, 0.3) is 5.91 Å². The minimum atomic E-state index is -0.367. The lowest BCUT2D eigenvalue weighted by atomic mass is 9.98. The summed E-state index contributed by atoms with van der Waals surface area (Å²) in [5, 5.41) is 11.5. The molecule has 0 saturated heterocycles. The fourth-order valence-electron chi connectivity index (χ4n) is 3.08. The van der Waals surface area contributed by atoms with Crippen LogP contribution in [-0.2, 0) is 6.42 Å². The number of nitrogens with one attached hydrogen (secondary N) is 1. The summed E-state index contributed by atoms with van der Waals surface area (Å²) in [5.41, 5.74) is 2.93. The molecule has 24 heavy (non-hydrogen) atoms. The molecule has 120 valence electrons. The van der Waals surface area contributed by atoms with Crippen LogP contribution in [0.4, 0.5) is 0 Å². The summed E-state index contributed by atoms with van der Waals surface area (Å²) in [6, 6.07) is 8.45. The monoisotopic (exact) mass is 321 g/mol. The van der Waals surface area contributed by atoms with Gasteiger partial charge in [-0.1, -0.05) is 6.07 Å². The maximum Gasteiger partial charge on any atom is 0.260 e. The lowest BCUT2D eigenvalue weighted by Gasteiger charge is -2.34. The first-order valence-electron chi connectivity index (χ1n) is 7.67. The molecule has 0 aliphatic carbocycles. The smallest absolute Gasteiger partial charge is 0.260 e. The number of nitrogens with zero attached hydrogens (tertiary/aromatic N) is 4. The van der Waals surface area contributed by atoms with E-state index >= 15 is 0 Å². The number of aromatic amines is 1. The molecule has 1 amide bonds. The minimum absolute atomic E-state index is 0.204. The van der Waals surface area contributed by atoms with Crippen molar-refractivity contribution in [2.45, 2.75) is 12.5 Å². The second-order valence-corrected chi connectivity index (χ2v) is 5.62. The molecular formula is C17H15N5O2. The molecule has 1 aliphatic rings. The molecule has 0 radical (unpaired) electrons. The molecule has 4 rings (SSSR count). The van der Waals surface area contributed by atoms with E-state index in [2.05, 4.69) is 15.0 Å². The van der Waals surface area contributed by atoms with Gasteiger partial charge in [0.15, 0.2) is 12.4 Å². The molecular weight excluding hydrogens is 306 g/mol. The Kier molecular flexibility index (Phi) is 3.45. The molecule has 7 heteroatoms. The Hall–Kier alpha value is -3.22. The molecule has 0 saturated carbocycles. The van der Waals surface area contributed by atoms with E-state index in [1.54, 1.807) is 29.6 Å². The standard InChI is InChI=1S/C17H15N5O2/c23-17(12-4-3-8-21(24)10-12)22-9-6-13-15(20-11-19-13)16(22)14-5-1-2-7-18-14/h1-5,7-8,10-11,16H,6,9H2,(H,19,20)/t16-/m1/s1. The third kappa shape index (κ3) is 2.40. The van der Waals surface area contributed by atoms with Crippen molar-refractivity contribution in [3.8, 4) is 0 Å². The number of hydrogen-bond donors (Lipinski definition) is 1. The van der Waals surface area contributed by atoms with E-state index in [1.807, 2.05) is 18.2 Å². The van der Waals surface area contributed by atoms with Gasteiger partial charge in [0, 0.05) is 30.9 Å². The largest absolute Gasteiger partial charge is 0.619 e. The lowest BCUT2D eigenvalue weighted by Crippen LogP contribution is -2.42. The predicted molar refractivity (Wildman–Crippen MR) is 84.8 cm³/mol. The predicted octanol–water partition coefficient (Wildman–Crippen LogP) is 1.23. The third-order valence-corrected chi connectivity index (χ3v) is 4.18. The van der Waals surface area contributed by atoms with E-state index in [9.17, 15) is 10.0 Å². The number of imidazole rings is 1. The number of amides is 1. The van der Waals surface area contributed by atoms with Crippen LogP contribution in [0.1, 0.15) is 33.5 Å². The second kappa shape index (κ2) is 5.77. The van der Waals surface area contributed by atoms with Crippen molar-refractivity contribution in [1.82, 2.24) is 19.9 Å². The summed E-state index contributed by atoms with van der Waals surface area (Å²) in [7, 11) is 0. The average Bonchev–Trinajstić information content (AvgIpc) is 3.09. The van der Waals surface area contributed by atoms with Gasteiger partial charge in [-0.25, -0.2) is 4.98 Å². The molecule has 4 heterocycles. The van der Waals surface area contributed by atoms with Crippen LogP contribution < -0.4 is 4.73 Å². The molecule has 0 bridgehead atoms. The van der Waals surface area contributed by atoms with Crippen LogP contribution in [-0.4, -0.2) is 32.3 Å². The van der Waals surface area contributed by atoms with Crippen molar-refractivity contribution in [1.29, 1.82) is 0 Å². The van der Waals surface area contributed by atoms with Crippen molar-refractivity contribution >= 4 is 5.91 Å². The number of aromatic nitrogens is 4. The topological polar surface area (TPSA) is 88.8 Å². The Morgan fingerprint density at radius 2 is 2.21 bits per heavy atom. The first-order chi connectivity index (χ1) is 11.7. The van der Waals surface area contributed by atoms with Gasteiger partial charge < -0.3 is 15.1 Å². The molecule has 1 aliphatic heterocycles. The molecule has 1 N–H and O–H groups in total. The van der Waals surface area contributed by atoms with Gasteiger partial charge in [0.05, 0.1) is 17.7 Å². The van der Waals surface area contributed by atoms with E-state index in [0.29, 0.717) is 23.3 Å². The quantitative estimate of drug-likeness (QED) is 0.568. The van der Waals surface area contributed by atoms with Gasteiger partial charge in [-0.2, -0.15) is 4.73 Å². The lowest BCUT2D eigenvalue weighted by molar-refractivity contribution is -0.605. The maximum absolute atomic E-state index is 13.0. The number of H-pyrrole nitrogens is 1. The zero-order valence-corrected chi connectivity index (χ0v) is 12.8. The molecule has 3 aromatic rings. The number of fused-ring (bicyclic) bond motifs is 1. The van der Waals surface area contributed by atoms with Crippen molar-refractivity contribution in [3.63, 3.8) is 0 Å². The van der Waals surface area contributed by atoms with Gasteiger partial charge in [-0.3, -0.25) is 9.78 Å². The Bertz CT molecular complexity index is 877. The first-order valence-corrected chi connectivity index (χ1v) is 7.67.